The van der Waals surface area contributed by atoms with Gasteiger partial charge in [-0.05, 0) is 51.2 Å². The zero-order valence-electron chi connectivity index (χ0n) is 23.5. The molecule has 0 aliphatic carbocycles. The summed E-state index contributed by atoms with van der Waals surface area (Å²) in [7, 11) is 1.16. The number of nitrogens with one attached hydrogen (secondary N) is 2. The number of aliphatic hydroxyl groups is 1. The summed E-state index contributed by atoms with van der Waals surface area (Å²) in [6, 6.07) is 15.6. The van der Waals surface area contributed by atoms with E-state index in [9.17, 15) is 24.3 Å². The summed E-state index contributed by atoms with van der Waals surface area (Å²) in [4.78, 5) is 53.5. The van der Waals surface area contributed by atoms with Crippen LogP contribution in [0.3, 0.4) is 0 Å². The molecular formula is C30H39N3O7. The number of rotatable bonds is 10. The third-order valence-electron chi connectivity index (χ3n) is 6.56. The number of aliphatic hydroxyl groups excluding tert-OH is 1. The van der Waals surface area contributed by atoms with E-state index in [0.717, 1.165) is 18.2 Å². The fourth-order valence-corrected chi connectivity index (χ4v) is 4.68. The summed E-state index contributed by atoms with van der Waals surface area (Å²) in [5, 5.41) is 16.1. The lowest BCUT2D eigenvalue weighted by Gasteiger charge is -2.31. The second-order valence-corrected chi connectivity index (χ2v) is 10.9. The van der Waals surface area contributed by atoms with Crippen molar-refractivity contribution in [1.29, 1.82) is 0 Å². The van der Waals surface area contributed by atoms with Crippen LogP contribution in [0.4, 0.5) is 4.79 Å². The quantitative estimate of drug-likeness (QED) is 0.385. The molecule has 3 amide bonds. The van der Waals surface area contributed by atoms with E-state index < -0.39 is 53.7 Å². The molecule has 0 saturated carbocycles. The highest BCUT2D eigenvalue weighted by molar-refractivity contribution is 5.92. The number of carbonyl (C=O) groups is 4. The Balaban J connectivity index is 1.79. The lowest BCUT2D eigenvalue weighted by Crippen LogP contribution is -2.57. The first-order valence-electron chi connectivity index (χ1n) is 13.4. The van der Waals surface area contributed by atoms with Crippen molar-refractivity contribution in [1.82, 2.24) is 15.5 Å². The molecule has 0 bridgehead atoms. The standard InChI is InChI=1S/C30H39N3O7/c1-30(2,3)40-29(38)32-23(19-21-14-9-6-10-15-21)27(36)33-17-11-16-24(33)26(35)31-22(25(34)28(37)39-4)18-20-12-7-5-8-13-20/h5-10,12-15,22-25,34H,11,16-19H2,1-4H3,(H,31,35)(H,32,38)/t22-,23-,24-,25+/m0/s1. The molecule has 4 atom stereocenters. The van der Waals surface area contributed by atoms with Crippen LogP contribution in [-0.4, -0.2) is 77.4 Å². The monoisotopic (exact) mass is 553 g/mol. The summed E-state index contributed by atoms with van der Waals surface area (Å²) in [6.07, 6.45) is -0.960. The number of carbonyl (C=O) groups excluding carboxylic acids is 4. The Bertz CT molecular complexity index is 1150. The van der Waals surface area contributed by atoms with Crippen molar-refractivity contribution in [2.24, 2.45) is 0 Å². The number of likely N-dealkylation sites (tertiary alicyclic amines) is 1. The number of hydrogen-bond donors (Lipinski definition) is 3. The van der Waals surface area contributed by atoms with Gasteiger partial charge in [0.05, 0.1) is 13.2 Å². The molecule has 1 fully saturated rings. The van der Waals surface area contributed by atoms with Crippen LogP contribution < -0.4 is 10.6 Å². The van der Waals surface area contributed by atoms with Gasteiger partial charge in [-0.25, -0.2) is 9.59 Å². The van der Waals surface area contributed by atoms with Crippen LogP contribution in [0.25, 0.3) is 0 Å². The predicted molar refractivity (Wildman–Crippen MR) is 148 cm³/mol. The molecule has 1 saturated heterocycles. The number of hydrogen-bond acceptors (Lipinski definition) is 7. The number of esters is 1. The molecule has 2 aromatic carbocycles. The first-order chi connectivity index (χ1) is 19.0. The summed E-state index contributed by atoms with van der Waals surface area (Å²) in [5.74, 6) is -1.78. The summed E-state index contributed by atoms with van der Waals surface area (Å²) in [5.41, 5.74) is 0.884. The van der Waals surface area contributed by atoms with Gasteiger partial charge in [0.25, 0.3) is 0 Å². The van der Waals surface area contributed by atoms with Crippen LogP contribution in [0.5, 0.6) is 0 Å². The highest BCUT2D eigenvalue weighted by Crippen LogP contribution is 2.21. The zero-order valence-corrected chi connectivity index (χ0v) is 23.5. The Morgan fingerprint density at radius 2 is 1.52 bits per heavy atom. The van der Waals surface area contributed by atoms with Crippen LogP contribution in [-0.2, 0) is 36.7 Å². The largest absolute Gasteiger partial charge is 0.467 e. The Morgan fingerprint density at radius 1 is 0.950 bits per heavy atom. The third-order valence-corrected chi connectivity index (χ3v) is 6.56. The van der Waals surface area contributed by atoms with Crippen molar-refractivity contribution in [2.45, 2.75) is 76.3 Å². The molecule has 40 heavy (non-hydrogen) atoms. The summed E-state index contributed by atoms with van der Waals surface area (Å²) < 4.78 is 10.1. The Morgan fingerprint density at radius 3 is 2.08 bits per heavy atom. The van der Waals surface area contributed by atoms with Crippen LogP contribution in [0.2, 0.25) is 0 Å². The van der Waals surface area contributed by atoms with Gasteiger partial charge in [-0.3, -0.25) is 9.59 Å². The Kier molecular flexibility index (Phi) is 10.7. The number of benzene rings is 2. The number of amides is 3. The van der Waals surface area contributed by atoms with Gasteiger partial charge in [0.15, 0.2) is 6.10 Å². The van der Waals surface area contributed by atoms with Gasteiger partial charge in [-0.1, -0.05) is 60.7 Å². The van der Waals surface area contributed by atoms with E-state index in [2.05, 4.69) is 10.6 Å². The zero-order chi connectivity index (χ0) is 29.3. The molecule has 0 radical (unpaired) electrons. The van der Waals surface area contributed by atoms with Crippen molar-refractivity contribution >= 4 is 23.9 Å². The van der Waals surface area contributed by atoms with E-state index in [0.29, 0.717) is 19.4 Å². The maximum absolute atomic E-state index is 13.8. The molecule has 3 rings (SSSR count). The molecule has 1 aliphatic heterocycles. The number of alkyl carbamates (subject to hydrolysis) is 1. The molecule has 0 aromatic heterocycles. The molecule has 10 nitrogen and oxygen atoms in total. The molecule has 2 aromatic rings. The van der Waals surface area contributed by atoms with Gasteiger partial charge in [0, 0.05) is 13.0 Å². The number of ether oxygens (including phenoxy) is 2. The molecular weight excluding hydrogens is 514 g/mol. The highest BCUT2D eigenvalue weighted by atomic mass is 16.6. The van der Waals surface area contributed by atoms with Gasteiger partial charge >= 0.3 is 12.1 Å². The van der Waals surface area contributed by atoms with Crippen LogP contribution >= 0.6 is 0 Å². The van der Waals surface area contributed by atoms with E-state index in [1.807, 2.05) is 60.7 Å². The predicted octanol–water partition coefficient (Wildman–Crippen LogP) is 2.37. The van der Waals surface area contributed by atoms with Crippen LogP contribution in [0, 0.1) is 0 Å². The maximum Gasteiger partial charge on any atom is 0.408 e. The SMILES string of the molecule is COC(=O)[C@H](O)[C@H](Cc1ccccc1)NC(=O)[C@@H]1CCCN1C(=O)[C@H](Cc1ccccc1)NC(=O)OC(C)(C)C. The van der Waals surface area contributed by atoms with Crippen molar-refractivity contribution in [3.05, 3.63) is 71.8 Å². The number of nitrogens with zero attached hydrogens (tertiary/aromatic N) is 1. The van der Waals surface area contributed by atoms with Gasteiger partial charge in [-0.15, -0.1) is 0 Å². The van der Waals surface area contributed by atoms with Crippen LogP contribution in [0.15, 0.2) is 60.7 Å². The van der Waals surface area contributed by atoms with E-state index in [1.54, 1.807) is 20.8 Å². The molecule has 3 N–H and O–H groups in total. The van der Waals surface area contributed by atoms with Crippen molar-refractivity contribution < 1.29 is 33.8 Å². The average Bonchev–Trinajstić information content (AvgIpc) is 3.41. The molecule has 216 valence electrons. The highest BCUT2D eigenvalue weighted by Gasteiger charge is 2.40. The summed E-state index contributed by atoms with van der Waals surface area (Å²) >= 11 is 0. The van der Waals surface area contributed by atoms with Crippen LogP contribution in [0.1, 0.15) is 44.7 Å². The first kappa shape index (κ1) is 30.6. The molecule has 0 spiro atoms. The maximum atomic E-state index is 13.8. The minimum atomic E-state index is -1.60. The second kappa shape index (κ2) is 13.9. The fraction of sp³-hybridized carbons (Fsp3) is 0.467. The van der Waals surface area contributed by atoms with E-state index in [4.69, 9.17) is 9.47 Å². The normalized spacial score (nSPS) is 17.3. The minimum absolute atomic E-state index is 0.181. The first-order valence-corrected chi connectivity index (χ1v) is 13.4. The number of methoxy groups -OCH3 is 1. The van der Waals surface area contributed by atoms with Crippen molar-refractivity contribution in [2.75, 3.05) is 13.7 Å². The van der Waals surface area contributed by atoms with E-state index in [1.165, 1.54) is 4.90 Å². The van der Waals surface area contributed by atoms with Gasteiger partial charge in [0.2, 0.25) is 11.8 Å². The lowest BCUT2D eigenvalue weighted by molar-refractivity contribution is -0.152. The second-order valence-electron chi connectivity index (χ2n) is 10.9. The average molecular weight is 554 g/mol. The van der Waals surface area contributed by atoms with E-state index in [-0.39, 0.29) is 12.8 Å². The van der Waals surface area contributed by atoms with Crippen molar-refractivity contribution in [3.63, 3.8) is 0 Å². The van der Waals surface area contributed by atoms with Gasteiger partial charge < -0.3 is 30.1 Å². The van der Waals surface area contributed by atoms with Crippen molar-refractivity contribution in [3.8, 4) is 0 Å². The summed E-state index contributed by atoms with van der Waals surface area (Å²) in [6.45, 7) is 5.52. The van der Waals surface area contributed by atoms with Gasteiger partial charge in [0.1, 0.15) is 17.7 Å². The third kappa shape index (κ3) is 8.81. The molecule has 0 unspecified atom stereocenters. The fourth-order valence-electron chi connectivity index (χ4n) is 4.68. The Hall–Kier alpha value is -3.92. The minimum Gasteiger partial charge on any atom is -0.467 e. The Labute approximate surface area is 235 Å². The smallest absolute Gasteiger partial charge is 0.408 e. The topological polar surface area (TPSA) is 134 Å². The lowest BCUT2D eigenvalue weighted by atomic mass is 10.00. The molecule has 10 heteroatoms. The van der Waals surface area contributed by atoms with Gasteiger partial charge in [-0.2, -0.15) is 0 Å². The molecule has 1 aliphatic rings. The molecule has 1 heterocycles. The van der Waals surface area contributed by atoms with E-state index >= 15 is 0 Å².